The van der Waals surface area contributed by atoms with E-state index >= 15 is 0 Å². The molecule has 0 amide bonds. The van der Waals surface area contributed by atoms with E-state index < -0.39 is 0 Å². The molecule has 30 heavy (non-hydrogen) atoms. The van der Waals surface area contributed by atoms with Crippen molar-refractivity contribution in [3.05, 3.63) is 67.0 Å². The van der Waals surface area contributed by atoms with Crippen molar-refractivity contribution in [3.63, 3.8) is 0 Å². The summed E-state index contributed by atoms with van der Waals surface area (Å²) in [4.78, 5) is 11.4. The van der Waals surface area contributed by atoms with Crippen molar-refractivity contribution in [3.8, 4) is 28.3 Å². The molecule has 7 nitrogen and oxygen atoms in total. The number of nitrogens with two attached hydrogens (primary N) is 1. The molecule has 0 saturated heterocycles. The van der Waals surface area contributed by atoms with Crippen LogP contribution in [-0.4, -0.2) is 31.7 Å². The molecule has 0 aliphatic carbocycles. The van der Waals surface area contributed by atoms with E-state index in [1.165, 1.54) is 0 Å². The molecule has 4 aromatic heterocycles. The second-order valence-corrected chi connectivity index (χ2v) is 7.23. The van der Waals surface area contributed by atoms with E-state index in [-0.39, 0.29) is 0 Å². The average molecular weight is 394 g/mol. The lowest BCUT2D eigenvalue weighted by atomic mass is 10.1. The molecule has 0 saturated carbocycles. The summed E-state index contributed by atoms with van der Waals surface area (Å²) in [6, 6.07) is 17.9. The molecule has 4 heterocycles. The van der Waals surface area contributed by atoms with Crippen molar-refractivity contribution in [1.82, 2.24) is 24.6 Å². The number of H-pyrrole nitrogens is 2. The number of anilines is 1. The van der Waals surface area contributed by atoms with E-state index in [1.807, 2.05) is 60.9 Å². The molecule has 4 N–H and O–H groups in total. The van der Waals surface area contributed by atoms with Gasteiger partial charge in [-0.25, -0.2) is 4.98 Å². The van der Waals surface area contributed by atoms with Crippen molar-refractivity contribution in [1.29, 1.82) is 0 Å². The molecule has 0 atom stereocenters. The molecule has 0 radical (unpaired) electrons. The number of nitrogens with zero attached hydrogens (tertiary/aromatic N) is 3. The smallest absolute Gasteiger partial charge is 0.158 e. The van der Waals surface area contributed by atoms with Gasteiger partial charge in [-0.15, -0.1) is 0 Å². The van der Waals surface area contributed by atoms with Crippen LogP contribution in [0, 0.1) is 0 Å². The number of nitrogens with one attached hydrogen (secondary N) is 2. The molecule has 0 fully saturated rings. The van der Waals surface area contributed by atoms with Gasteiger partial charge < -0.3 is 20.4 Å². The van der Waals surface area contributed by atoms with Crippen LogP contribution in [0.25, 0.3) is 50.0 Å². The van der Waals surface area contributed by atoms with Gasteiger partial charge >= 0.3 is 0 Å². The van der Waals surface area contributed by atoms with Gasteiger partial charge in [-0.05, 0) is 24.3 Å². The van der Waals surface area contributed by atoms with Crippen LogP contribution in [0.5, 0.6) is 5.75 Å². The van der Waals surface area contributed by atoms with Gasteiger partial charge in [0, 0.05) is 57.5 Å². The number of aromatic nitrogens is 5. The minimum absolute atomic E-state index is 0.526. The van der Waals surface area contributed by atoms with Crippen LogP contribution in [0.4, 0.5) is 5.82 Å². The molecule has 146 valence electrons. The molecule has 7 heteroatoms. The zero-order chi connectivity index (χ0) is 20.2. The van der Waals surface area contributed by atoms with Crippen LogP contribution >= 0.6 is 0 Å². The second-order valence-electron chi connectivity index (χ2n) is 7.23. The highest BCUT2D eigenvalue weighted by atomic mass is 16.5. The van der Waals surface area contributed by atoms with Crippen molar-refractivity contribution in [2.45, 2.75) is 0 Å². The maximum atomic E-state index is 6.36. The number of methoxy groups -OCH3 is 1. The fourth-order valence-electron chi connectivity index (χ4n) is 3.99. The lowest BCUT2D eigenvalue weighted by Gasteiger charge is -2.04. The SMILES string of the molecule is COc1ccc2[nH]cc(-c3cc(N)n4nc(-c5c[nH]c6ccccc56)cc4n3)c2c1. The summed E-state index contributed by atoms with van der Waals surface area (Å²) < 4.78 is 7.06. The summed E-state index contributed by atoms with van der Waals surface area (Å²) in [6.45, 7) is 0. The number of hydrogen-bond donors (Lipinski definition) is 3. The quantitative estimate of drug-likeness (QED) is 0.408. The highest BCUT2D eigenvalue weighted by Gasteiger charge is 2.15. The Labute approximate surface area is 171 Å². The Morgan fingerprint density at radius 2 is 1.63 bits per heavy atom. The molecule has 2 aromatic carbocycles. The number of nitrogen functional groups attached to an aromatic ring is 1. The van der Waals surface area contributed by atoms with E-state index in [9.17, 15) is 0 Å². The fourth-order valence-corrected chi connectivity index (χ4v) is 3.99. The third-order valence-corrected chi connectivity index (χ3v) is 5.48. The Balaban J connectivity index is 1.53. The van der Waals surface area contributed by atoms with Gasteiger partial charge in [0.25, 0.3) is 0 Å². The van der Waals surface area contributed by atoms with Crippen LogP contribution in [0.1, 0.15) is 0 Å². The van der Waals surface area contributed by atoms with Gasteiger partial charge in [-0.1, -0.05) is 18.2 Å². The third-order valence-electron chi connectivity index (χ3n) is 5.48. The van der Waals surface area contributed by atoms with E-state index in [4.69, 9.17) is 20.6 Å². The molecule has 0 aliphatic heterocycles. The molecular weight excluding hydrogens is 376 g/mol. The van der Waals surface area contributed by atoms with E-state index in [0.29, 0.717) is 11.5 Å². The fraction of sp³-hybridized carbons (Fsp3) is 0.0435. The first-order valence-electron chi connectivity index (χ1n) is 9.59. The highest BCUT2D eigenvalue weighted by Crippen LogP contribution is 2.33. The van der Waals surface area contributed by atoms with E-state index in [2.05, 4.69) is 16.0 Å². The minimum Gasteiger partial charge on any atom is -0.497 e. The number of hydrogen-bond acceptors (Lipinski definition) is 4. The molecule has 0 unspecified atom stereocenters. The number of fused-ring (bicyclic) bond motifs is 3. The molecule has 6 aromatic rings. The van der Waals surface area contributed by atoms with Crippen molar-refractivity contribution < 1.29 is 4.74 Å². The van der Waals surface area contributed by atoms with Crippen LogP contribution in [0.2, 0.25) is 0 Å². The monoisotopic (exact) mass is 394 g/mol. The summed E-state index contributed by atoms with van der Waals surface area (Å²) in [5.41, 5.74) is 12.7. The van der Waals surface area contributed by atoms with Crippen LogP contribution in [0.3, 0.4) is 0 Å². The van der Waals surface area contributed by atoms with E-state index in [1.54, 1.807) is 11.6 Å². The van der Waals surface area contributed by atoms with Gasteiger partial charge in [0.2, 0.25) is 0 Å². The van der Waals surface area contributed by atoms with E-state index in [0.717, 1.165) is 50.1 Å². The largest absolute Gasteiger partial charge is 0.497 e. The summed E-state index contributed by atoms with van der Waals surface area (Å²) in [7, 11) is 1.66. The maximum Gasteiger partial charge on any atom is 0.158 e. The third kappa shape index (κ3) is 2.39. The highest BCUT2D eigenvalue weighted by molar-refractivity contribution is 5.97. The first-order valence-corrected chi connectivity index (χ1v) is 9.59. The predicted octanol–water partition coefficient (Wildman–Crippen LogP) is 4.62. The van der Waals surface area contributed by atoms with Crippen molar-refractivity contribution in [2.24, 2.45) is 0 Å². The normalized spacial score (nSPS) is 11.6. The van der Waals surface area contributed by atoms with Gasteiger partial charge in [-0.3, -0.25) is 0 Å². The van der Waals surface area contributed by atoms with Gasteiger partial charge in [0.1, 0.15) is 11.6 Å². The molecule has 6 rings (SSSR count). The minimum atomic E-state index is 0.526. The predicted molar refractivity (Wildman–Crippen MR) is 119 cm³/mol. The number of rotatable bonds is 3. The average Bonchev–Trinajstić information content (AvgIpc) is 3.49. The Hall–Kier alpha value is -4.26. The second kappa shape index (κ2) is 6.12. The molecule has 0 bridgehead atoms. The Bertz CT molecular complexity index is 1550. The summed E-state index contributed by atoms with van der Waals surface area (Å²) in [5, 5.41) is 6.84. The number of aromatic amines is 2. The molecule has 0 spiro atoms. The number of para-hydroxylation sites is 1. The standard InChI is InChI=1S/C23H18N6O/c1-30-13-6-7-19-15(8-13)17(12-26-19)20-9-22(24)29-23(27-20)10-21(28-29)16-11-25-18-5-3-2-4-14(16)18/h2-12,25-26H,24H2,1H3. The van der Waals surface area contributed by atoms with Gasteiger partial charge in [0.05, 0.1) is 18.5 Å². The Kier molecular flexibility index (Phi) is 3.40. The topological polar surface area (TPSA) is 97.0 Å². The van der Waals surface area contributed by atoms with Crippen LogP contribution in [-0.2, 0) is 0 Å². The first kappa shape index (κ1) is 16.7. The lowest BCUT2D eigenvalue weighted by molar-refractivity contribution is 0.415. The van der Waals surface area contributed by atoms with Crippen molar-refractivity contribution in [2.75, 3.05) is 12.8 Å². The van der Waals surface area contributed by atoms with Gasteiger partial charge in [0.15, 0.2) is 5.65 Å². The van der Waals surface area contributed by atoms with Crippen molar-refractivity contribution >= 4 is 33.3 Å². The van der Waals surface area contributed by atoms with Crippen LogP contribution < -0.4 is 10.5 Å². The van der Waals surface area contributed by atoms with Crippen LogP contribution in [0.15, 0.2) is 67.0 Å². The summed E-state index contributed by atoms with van der Waals surface area (Å²) >= 11 is 0. The maximum absolute atomic E-state index is 6.36. The number of ether oxygens (including phenoxy) is 1. The molecular formula is C23H18N6O. The Morgan fingerprint density at radius 1 is 0.867 bits per heavy atom. The zero-order valence-corrected chi connectivity index (χ0v) is 16.2. The summed E-state index contributed by atoms with van der Waals surface area (Å²) in [6.07, 6.45) is 3.91. The number of benzene rings is 2. The Morgan fingerprint density at radius 3 is 2.47 bits per heavy atom. The molecule has 0 aliphatic rings. The lowest BCUT2D eigenvalue weighted by Crippen LogP contribution is -2.01. The summed E-state index contributed by atoms with van der Waals surface area (Å²) in [5.74, 6) is 1.32. The first-order chi connectivity index (χ1) is 14.7. The zero-order valence-electron chi connectivity index (χ0n) is 16.2. The van der Waals surface area contributed by atoms with Gasteiger partial charge in [-0.2, -0.15) is 9.61 Å².